The van der Waals surface area contributed by atoms with Gasteiger partial charge in [-0.05, 0) is 31.6 Å². The number of likely N-dealkylation sites (tertiary alicyclic amines) is 2. The molecule has 1 unspecified atom stereocenters. The number of amides is 1. The number of aliphatic carboxylic acids is 1. The van der Waals surface area contributed by atoms with Crippen molar-refractivity contribution in [3.8, 4) is 0 Å². The van der Waals surface area contributed by atoms with E-state index in [9.17, 15) is 9.59 Å². The molecule has 4 aliphatic rings. The Labute approximate surface area is 148 Å². The molecule has 0 bridgehead atoms. The first-order chi connectivity index (χ1) is 11.9. The number of carboxylic acids is 1. The minimum absolute atomic E-state index is 0.000497. The highest BCUT2D eigenvalue weighted by molar-refractivity contribution is 5.82. The van der Waals surface area contributed by atoms with Crippen LogP contribution in [0.5, 0.6) is 0 Å². The van der Waals surface area contributed by atoms with Gasteiger partial charge < -0.3 is 20.1 Å². The molecule has 3 aliphatic heterocycles. The van der Waals surface area contributed by atoms with E-state index in [4.69, 9.17) is 9.84 Å². The molecule has 3 heterocycles. The van der Waals surface area contributed by atoms with Gasteiger partial charge in [-0.15, -0.1) is 0 Å². The fraction of sp³-hybridized carbons (Fsp3) is 0.889. The molecule has 0 aromatic heterocycles. The first-order valence-corrected chi connectivity index (χ1v) is 9.57. The number of ether oxygens (including phenoxy) is 1. The summed E-state index contributed by atoms with van der Waals surface area (Å²) >= 11 is 0. The van der Waals surface area contributed by atoms with Crippen molar-refractivity contribution in [3.05, 3.63) is 0 Å². The average molecular weight is 351 g/mol. The van der Waals surface area contributed by atoms with Crippen LogP contribution in [0.15, 0.2) is 0 Å². The maximum absolute atomic E-state index is 12.2. The van der Waals surface area contributed by atoms with E-state index in [-0.39, 0.29) is 17.4 Å². The Morgan fingerprint density at radius 3 is 2.56 bits per heavy atom. The summed E-state index contributed by atoms with van der Waals surface area (Å²) in [6, 6.07) is 1.17. The van der Waals surface area contributed by atoms with Crippen LogP contribution >= 0.6 is 0 Å². The van der Waals surface area contributed by atoms with Crippen molar-refractivity contribution in [3.63, 3.8) is 0 Å². The SMILES string of the molecule is C[C@@H]1C[C@H]1NC1COC2(CCN(CC(=O)N3CC(C(=O)O)C3)CC2)C1. The predicted octanol–water partition coefficient (Wildman–Crippen LogP) is 0.151. The second-order valence-corrected chi connectivity index (χ2v) is 8.49. The molecular formula is C18H29N3O4. The van der Waals surface area contributed by atoms with Crippen molar-refractivity contribution < 1.29 is 19.4 Å². The Balaban J connectivity index is 1.19. The second-order valence-electron chi connectivity index (χ2n) is 8.49. The van der Waals surface area contributed by atoms with E-state index in [1.165, 1.54) is 6.42 Å². The van der Waals surface area contributed by atoms with Crippen LogP contribution in [0.2, 0.25) is 0 Å². The van der Waals surface area contributed by atoms with Crippen LogP contribution in [-0.4, -0.2) is 83.8 Å². The Kier molecular flexibility index (Phi) is 4.50. The van der Waals surface area contributed by atoms with Gasteiger partial charge in [0.2, 0.25) is 5.91 Å². The minimum atomic E-state index is -0.800. The van der Waals surface area contributed by atoms with Crippen LogP contribution in [0.4, 0.5) is 0 Å². The van der Waals surface area contributed by atoms with Crippen LogP contribution in [0.3, 0.4) is 0 Å². The number of hydrogen-bond donors (Lipinski definition) is 2. The summed E-state index contributed by atoms with van der Waals surface area (Å²) in [7, 11) is 0. The summed E-state index contributed by atoms with van der Waals surface area (Å²) in [5, 5.41) is 12.6. The molecule has 1 saturated carbocycles. The number of carbonyl (C=O) groups is 2. The van der Waals surface area contributed by atoms with E-state index in [1.807, 2.05) is 0 Å². The smallest absolute Gasteiger partial charge is 0.310 e. The van der Waals surface area contributed by atoms with Gasteiger partial charge in [0.25, 0.3) is 0 Å². The van der Waals surface area contributed by atoms with Crippen LogP contribution in [0.25, 0.3) is 0 Å². The van der Waals surface area contributed by atoms with Crippen molar-refractivity contribution in [1.82, 2.24) is 15.1 Å². The maximum atomic E-state index is 12.2. The van der Waals surface area contributed by atoms with Crippen LogP contribution in [0.1, 0.15) is 32.6 Å². The highest BCUT2D eigenvalue weighted by Crippen LogP contribution is 2.38. The molecule has 1 spiro atoms. The summed E-state index contributed by atoms with van der Waals surface area (Å²) in [6.45, 7) is 6.00. The van der Waals surface area contributed by atoms with Crippen molar-refractivity contribution in [2.45, 2.75) is 50.3 Å². The van der Waals surface area contributed by atoms with E-state index < -0.39 is 5.97 Å². The van der Waals surface area contributed by atoms with Crippen molar-refractivity contribution in [2.24, 2.45) is 11.8 Å². The molecule has 3 saturated heterocycles. The lowest BCUT2D eigenvalue weighted by molar-refractivity contribution is -0.153. The lowest BCUT2D eigenvalue weighted by Crippen LogP contribution is -2.56. The number of nitrogens with one attached hydrogen (secondary N) is 1. The second kappa shape index (κ2) is 6.52. The molecule has 2 N–H and O–H groups in total. The zero-order valence-corrected chi connectivity index (χ0v) is 14.9. The van der Waals surface area contributed by atoms with Gasteiger partial charge in [-0.25, -0.2) is 0 Å². The third kappa shape index (κ3) is 3.68. The van der Waals surface area contributed by atoms with Crippen LogP contribution < -0.4 is 5.32 Å². The molecular weight excluding hydrogens is 322 g/mol. The molecule has 7 heteroatoms. The number of nitrogens with zero attached hydrogens (tertiary/aromatic N) is 2. The minimum Gasteiger partial charge on any atom is -0.481 e. The molecule has 0 radical (unpaired) electrons. The van der Waals surface area contributed by atoms with Crippen molar-refractivity contribution in [1.29, 1.82) is 0 Å². The number of rotatable bonds is 5. The number of carbonyl (C=O) groups excluding carboxylic acids is 1. The Hall–Kier alpha value is -1.18. The summed E-state index contributed by atoms with van der Waals surface area (Å²) in [4.78, 5) is 26.9. The Bertz CT molecular complexity index is 540. The zero-order valence-electron chi connectivity index (χ0n) is 14.9. The third-order valence-corrected chi connectivity index (χ3v) is 6.48. The summed E-state index contributed by atoms with van der Waals surface area (Å²) in [5.41, 5.74) is 0.000497. The van der Waals surface area contributed by atoms with E-state index in [0.29, 0.717) is 31.7 Å². The van der Waals surface area contributed by atoms with Gasteiger partial charge in [0, 0.05) is 38.3 Å². The van der Waals surface area contributed by atoms with Gasteiger partial charge >= 0.3 is 5.97 Å². The van der Waals surface area contributed by atoms with Crippen LogP contribution in [0, 0.1) is 11.8 Å². The maximum Gasteiger partial charge on any atom is 0.310 e. The highest BCUT2D eigenvalue weighted by Gasteiger charge is 2.45. The van der Waals surface area contributed by atoms with E-state index in [2.05, 4.69) is 17.1 Å². The molecule has 25 heavy (non-hydrogen) atoms. The first kappa shape index (κ1) is 17.2. The van der Waals surface area contributed by atoms with Crippen LogP contribution in [-0.2, 0) is 14.3 Å². The third-order valence-electron chi connectivity index (χ3n) is 6.48. The van der Waals surface area contributed by atoms with Gasteiger partial charge in [-0.2, -0.15) is 0 Å². The number of piperidine rings is 1. The molecule has 1 aliphatic carbocycles. The number of carboxylic acid groups (broad SMARTS) is 1. The zero-order chi connectivity index (χ0) is 17.6. The Morgan fingerprint density at radius 2 is 1.96 bits per heavy atom. The normalized spacial score (nSPS) is 34.9. The summed E-state index contributed by atoms with van der Waals surface area (Å²) < 4.78 is 6.18. The van der Waals surface area contributed by atoms with E-state index >= 15 is 0 Å². The highest BCUT2D eigenvalue weighted by atomic mass is 16.5. The molecule has 7 nitrogen and oxygen atoms in total. The van der Waals surface area contributed by atoms with Gasteiger partial charge in [0.05, 0.1) is 24.7 Å². The molecule has 0 aromatic rings. The van der Waals surface area contributed by atoms with Gasteiger partial charge in [0.1, 0.15) is 0 Å². The largest absolute Gasteiger partial charge is 0.481 e. The quantitative estimate of drug-likeness (QED) is 0.734. The molecule has 140 valence electrons. The number of hydrogen-bond acceptors (Lipinski definition) is 5. The monoisotopic (exact) mass is 351 g/mol. The van der Waals surface area contributed by atoms with Gasteiger partial charge in [-0.1, -0.05) is 6.92 Å². The van der Waals surface area contributed by atoms with Gasteiger partial charge in [-0.3, -0.25) is 14.5 Å². The predicted molar refractivity (Wildman–Crippen MR) is 91.2 cm³/mol. The molecule has 1 amide bonds. The van der Waals surface area contributed by atoms with Crippen molar-refractivity contribution >= 4 is 11.9 Å². The summed E-state index contributed by atoms with van der Waals surface area (Å²) in [5.74, 6) is -0.306. The fourth-order valence-corrected chi connectivity index (χ4v) is 4.41. The first-order valence-electron chi connectivity index (χ1n) is 9.57. The molecule has 4 fully saturated rings. The Morgan fingerprint density at radius 1 is 1.28 bits per heavy atom. The topological polar surface area (TPSA) is 82.1 Å². The fourth-order valence-electron chi connectivity index (χ4n) is 4.41. The van der Waals surface area contributed by atoms with E-state index in [1.54, 1.807) is 4.90 Å². The lowest BCUT2D eigenvalue weighted by Gasteiger charge is -2.41. The summed E-state index contributed by atoms with van der Waals surface area (Å²) in [6.07, 6.45) is 4.34. The standard InChI is InChI=1S/C18H29N3O4/c1-12-6-15(12)19-14-7-18(25-11-14)2-4-20(5-3-18)10-16(22)21-8-13(9-21)17(23)24/h12-15,19H,2-11H2,1H3,(H,23,24)/t12-,14?,15-/m1/s1. The molecule has 0 aromatic carbocycles. The average Bonchev–Trinajstić information content (AvgIpc) is 3.05. The lowest BCUT2D eigenvalue weighted by atomic mass is 9.87. The van der Waals surface area contributed by atoms with Crippen molar-refractivity contribution in [2.75, 3.05) is 39.3 Å². The van der Waals surface area contributed by atoms with E-state index in [0.717, 1.165) is 44.9 Å². The molecule has 4 rings (SSSR count). The molecule has 3 atom stereocenters. The van der Waals surface area contributed by atoms with Gasteiger partial charge in [0.15, 0.2) is 0 Å².